The molecular weight excluding hydrogens is 198 g/mol. The van der Waals surface area contributed by atoms with E-state index in [4.69, 9.17) is 4.74 Å². The summed E-state index contributed by atoms with van der Waals surface area (Å²) in [5, 5.41) is 15.4. The van der Waals surface area contributed by atoms with Gasteiger partial charge in [-0.25, -0.2) is 0 Å². The van der Waals surface area contributed by atoms with Crippen molar-refractivity contribution in [2.24, 2.45) is 0 Å². The third kappa shape index (κ3) is 2.30. The van der Waals surface area contributed by atoms with Gasteiger partial charge in [-0.2, -0.15) is 5.21 Å². The highest BCUT2D eigenvalue weighted by molar-refractivity contribution is 5.90. The van der Waals surface area contributed by atoms with Crippen LogP contribution >= 0.6 is 0 Å². The Morgan fingerprint density at radius 1 is 1.73 bits per heavy atom. The number of carbonyl (C=O) groups is 1. The number of H-pyrrole nitrogens is 1. The highest BCUT2D eigenvalue weighted by Crippen LogP contribution is 2.23. The van der Waals surface area contributed by atoms with E-state index in [1.54, 1.807) is 0 Å². The molecule has 0 aliphatic carbocycles. The van der Waals surface area contributed by atoms with Crippen LogP contribution in [0.15, 0.2) is 0 Å². The molecule has 15 heavy (non-hydrogen) atoms. The standard InChI is InChI=1S/C8H13N5O2/c1-8(3-2-4-15-8)5-9-7(14)6-10-12-13-11-6/h2-5H2,1H3,(H,9,14)(H,10,11,12,13). The number of amides is 1. The van der Waals surface area contributed by atoms with E-state index in [0.29, 0.717) is 6.54 Å². The van der Waals surface area contributed by atoms with Crippen LogP contribution in [0.4, 0.5) is 0 Å². The number of aromatic amines is 1. The van der Waals surface area contributed by atoms with Gasteiger partial charge in [-0.1, -0.05) is 0 Å². The molecule has 1 aromatic heterocycles. The number of hydrogen-bond acceptors (Lipinski definition) is 5. The van der Waals surface area contributed by atoms with E-state index in [1.807, 2.05) is 6.92 Å². The third-order valence-electron chi connectivity index (χ3n) is 2.47. The van der Waals surface area contributed by atoms with Gasteiger partial charge < -0.3 is 10.1 Å². The normalized spacial score (nSPS) is 25.4. The number of hydrogen-bond donors (Lipinski definition) is 2. The molecule has 82 valence electrons. The molecule has 0 spiro atoms. The minimum Gasteiger partial charge on any atom is -0.373 e. The van der Waals surface area contributed by atoms with Crippen molar-refractivity contribution < 1.29 is 9.53 Å². The number of rotatable bonds is 3. The fraction of sp³-hybridized carbons (Fsp3) is 0.750. The summed E-state index contributed by atoms with van der Waals surface area (Å²) in [5.41, 5.74) is -0.251. The number of aromatic nitrogens is 4. The van der Waals surface area contributed by atoms with Crippen molar-refractivity contribution in [2.75, 3.05) is 13.2 Å². The first-order chi connectivity index (χ1) is 7.20. The van der Waals surface area contributed by atoms with Gasteiger partial charge in [0.15, 0.2) is 0 Å². The summed E-state index contributed by atoms with van der Waals surface area (Å²) in [7, 11) is 0. The van der Waals surface area contributed by atoms with Crippen LogP contribution in [0.25, 0.3) is 0 Å². The number of tetrazole rings is 1. The minimum absolute atomic E-state index is 0.0524. The van der Waals surface area contributed by atoms with Gasteiger partial charge in [0, 0.05) is 13.2 Å². The zero-order chi connectivity index (χ0) is 10.7. The van der Waals surface area contributed by atoms with E-state index >= 15 is 0 Å². The average Bonchev–Trinajstić information content (AvgIpc) is 2.85. The van der Waals surface area contributed by atoms with Gasteiger partial charge in [0.25, 0.3) is 11.7 Å². The quantitative estimate of drug-likeness (QED) is 0.703. The Labute approximate surface area is 86.6 Å². The summed E-state index contributed by atoms with van der Waals surface area (Å²) in [5.74, 6) is -0.280. The molecule has 7 heteroatoms. The Hall–Kier alpha value is -1.50. The van der Waals surface area contributed by atoms with E-state index in [1.165, 1.54) is 0 Å². The van der Waals surface area contributed by atoms with Gasteiger partial charge in [0.2, 0.25) is 0 Å². The van der Waals surface area contributed by atoms with Crippen molar-refractivity contribution in [1.82, 2.24) is 25.9 Å². The molecule has 1 amide bonds. The summed E-state index contributed by atoms with van der Waals surface area (Å²) in [4.78, 5) is 11.5. The van der Waals surface area contributed by atoms with Crippen LogP contribution < -0.4 is 5.32 Å². The van der Waals surface area contributed by atoms with E-state index in [-0.39, 0.29) is 17.3 Å². The summed E-state index contributed by atoms with van der Waals surface area (Å²) in [6.07, 6.45) is 1.99. The molecule has 1 fully saturated rings. The highest BCUT2D eigenvalue weighted by Gasteiger charge is 2.30. The van der Waals surface area contributed by atoms with Gasteiger partial charge in [0.05, 0.1) is 5.60 Å². The molecule has 0 radical (unpaired) electrons. The fourth-order valence-corrected chi connectivity index (χ4v) is 1.58. The lowest BCUT2D eigenvalue weighted by molar-refractivity contribution is 0.0205. The molecule has 1 aliphatic rings. The molecule has 0 saturated carbocycles. The number of carbonyl (C=O) groups excluding carboxylic acids is 1. The van der Waals surface area contributed by atoms with Gasteiger partial charge >= 0.3 is 0 Å². The predicted octanol–water partition coefficient (Wildman–Crippen LogP) is -0.501. The monoisotopic (exact) mass is 211 g/mol. The largest absolute Gasteiger partial charge is 0.373 e. The zero-order valence-electron chi connectivity index (χ0n) is 8.49. The van der Waals surface area contributed by atoms with Crippen molar-refractivity contribution in [3.63, 3.8) is 0 Å². The summed E-state index contributed by atoms with van der Waals surface area (Å²) < 4.78 is 5.53. The van der Waals surface area contributed by atoms with Crippen molar-refractivity contribution in [2.45, 2.75) is 25.4 Å². The first-order valence-corrected chi connectivity index (χ1v) is 4.85. The van der Waals surface area contributed by atoms with Crippen molar-refractivity contribution in [1.29, 1.82) is 0 Å². The van der Waals surface area contributed by atoms with Crippen molar-refractivity contribution in [3.8, 4) is 0 Å². The third-order valence-corrected chi connectivity index (χ3v) is 2.47. The predicted molar refractivity (Wildman–Crippen MR) is 50.1 cm³/mol. The van der Waals surface area contributed by atoms with Crippen LogP contribution in [0.5, 0.6) is 0 Å². The molecule has 0 bridgehead atoms. The minimum atomic E-state index is -0.333. The van der Waals surface area contributed by atoms with Crippen LogP contribution in [-0.2, 0) is 4.74 Å². The lowest BCUT2D eigenvalue weighted by Crippen LogP contribution is -2.40. The number of ether oxygens (including phenoxy) is 1. The SMILES string of the molecule is CC1(CNC(=O)c2nn[nH]n2)CCCO1. The molecule has 2 rings (SSSR count). The van der Waals surface area contributed by atoms with Gasteiger partial charge in [-0.15, -0.1) is 10.2 Å². The Balaban J connectivity index is 1.85. The second kappa shape index (κ2) is 3.93. The molecule has 1 aromatic rings. The van der Waals surface area contributed by atoms with E-state index in [9.17, 15) is 4.79 Å². The Morgan fingerprint density at radius 2 is 2.60 bits per heavy atom. The first kappa shape index (κ1) is 10.0. The molecule has 1 atom stereocenters. The molecule has 2 heterocycles. The smallest absolute Gasteiger partial charge is 0.292 e. The summed E-state index contributed by atoms with van der Waals surface area (Å²) in [6, 6.07) is 0. The molecule has 0 aromatic carbocycles. The molecule has 2 N–H and O–H groups in total. The maximum atomic E-state index is 11.5. The van der Waals surface area contributed by atoms with Gasteiger partial charge in [-0.05, 0) is 25.0 Å². The van der Waals surface area contributed by atoms with Crippen LogP contribution in [0, 0.1) is 0 Å². The van der Waals surface area contributed by atoms with Gasteiger partial charge in [-0.3, -0.25) is 4.79 Å². The van der Waals surface area contributed by atoms with Crippen molar-refractivity contribution >= 4 is 5.91 Å². The molecular formula is C8H13N5O2. The fourth-order valence-electron chi connectivity index (χ4n) is 1.58. The molecule has 1 unspecified atom stereocenters. The highest BCUT2D eigenvalue weighted by atomic mass is 16.5. The maximum absolute atomic E-state index is 11.5. The Morgan fingerprint density at radius 3 is 3.20 bits per heavy atom. The lowest BCUT2D eigenvalue weighted by atomic mass is 10.0. The van der Waals surface area contributed by atoms with Gasteiger partial charge in [0.1, 0.15) is 0 Å². The summed E-state index contributed by atoms with van der Waals surface area (Å²) >= 11 is 0. The van der Waals surface area contributed by atoms with Crippen LogP contribution in [0.2, 0.25) is 0 Å². The topological polar surface area (TPSA) is 92.8 Å². The average molecular weight is 211 g/mol. The van der Waals surface area contributed by atoms with Crippen LogP contribution in [0.3, 0.4) is 0 Å². The second-order valence-corrected chi connectivity index (χ2v) is 3.82. The van der Waals surface area contributed by atoms with E-state index in [2.05, 4.69) is 25.9 Å². The zero-order valence-corrected chi connectivity index (χ0v) is 8.49. The Bertz CT molecular complexity index is 331. The lowest BCUT2D eigenvalue weighted by Gasteiger charge is -2.22. The second-order valence-electron chi connectivity index (χ2n) is 3.82. The van der Waals surface area contributed by atoms with Crippen molar-refractivity contribution in [3.05, 3.63) is 5.82 Å². The molecule has 7 nitrogen and oxygen atoms in total. The van der Waals surface area contributed by atoms with Crippen LogP contribution in [0.1, 0.15) is 30.4 Å². The Kier molecular flexibility index (Phi) is 2.63. The van der Waals surface area contributed by atoms with Crippen LogP contribution in [-0.4, -0.2) is 45.3 Å². The first-order valence-electron chi connectivity index (χ1n) is 4.85. The molecule has 1 saturated heterocycles. The van der Waals surface area contributed by atoms with E-state index < -0.39 is 0 Å². The maximum Gasteiger partial charge on any atom is 0.292 e. The number of nitrogens with zero attached hydrogens (tertiary/aromatic N) is 3. The number of nitrogens with one attached hydrogen (secondary N) is 2. The van der Waals surface area contributed by atoms with E-state index in [0.717, 1.165) is 19.4 Å². The summed E-state index contributed by atoms with van der Waals surface area (Å²) in [6.45, 7) is 3.21. The molecule has 1 aliphatic heterocycles.